The summed E-state index contributed by atoms with van der Waals surface area (Å²) >= 11 is 0. The molecule has 0 fully saturated rings. The molecule has 3 aromatic rings. The number of para-hydroxylation sites is 1. The van der Waals surface area contributed by atoms with Crippen molar-refractivity contribution in [3.05, 3.63) is 65.0 Å². The Bertz CT molecular complexity index is 969. The number of rotatable bonds is 2. The largest absolute Gasteiger partial charge is 0.744 e. The second kappa shape index (κ2) is 4.83. The van der Waals surface area contributed by atoms with E-state index in [0.29, 0.717) is 16.7 Å². The van der Waals surface area contributed by atoms with E-state index in [-0.39, 0.29) is 4.90 Å². The van der Waals surface area contributed by atoms with Gasteiger partial charge in [-0.05, 0) is 29.8 Å². The van der Waals surface area contributed by atoms with Gasteiger partial charge in [0, 0.05) is 5.39 Å². The first-order valence-electron chi connectivity index (χ1n) is 6.04. The van der Waals surface area contributed by atoms with Crippen molar-refractivity contribution in [1.29, 1.82) is 0 Å². The summed E-state index contributed by atoms with van der Waals surface area (Å²) in [5.41, 5.74) is 0.752. The molecule has 1 aromatic heterocycles. The highest BCUT2D eigenvalue weighted by molar-refractivity contribution is 7.85. The summed E-state index contributed by atoms with van der Waals surface area (Å²) in [7, 11) is -4.50. The quantitative estimate of drug-likeness (QED) is 0.535. The van der Waals surface area contributed by atoms with Crippen LogP contribution < -0.4 is 5.63 Å². The van der Waals surface area contributed by atoms with E-state index in [1.54, 1.807) is 24.3 Å². The van der Waals surface area contributed by atoms with Crippen LogP contribution in [0.4, 0.5) is 0 Å². The Labute approximate surface area is 120 Å². The smallest absolute Gasteiger partial charge is 0.344 e. The fourth-order valence-electron chi connectivity index (χ4n) is 2.06. The van der Waals surface area contributed by atoms with Crippen molar-refractivity contribution in [2.45, 2.75) is 4.90 Å². The van der Waals surface area contributed by atoms with Gasteiger partial charge in [-0.3, -0.25) is 0 Å². The van der Waals surface area contributed by atoms with E-state index in [0.717, 1.165) is 5.39 Å². The van der Waals surface area contributed by atoms with E-state index in [4.69, 9.17) is 4.42 Å². The van der Waals surface area contributed by atoms with E-state index < -0.39 is 15.7 Å². The minimum atomic E-state index is -4.50. The lowest BCUT2D eigenvalue weighted by atomic mass is 10.1. The maximum Gasteiger partial charge on any atom is 0.344 e. The molecule has 0 spiro atoms. The standard InChI is InChI=1S/C15H10O5S/c16-15-13(9-11-3-1-2-4-14(11)20-15)10-5-7-12(8-6-10)21(17,18)19/h1-9H,(H,17,18,19)/p-1. The van der Waals surface area contributed by atoms with Gasteiger partial charge in [-0.2, -0.15) is 0 Å². The third kappa shape index (κ3) is 2.58. The van der Waals surface area contributed by atoms with Crippen molar-refractivity contribution < 1.29 is 17.4 Å². The molecule has 0 N–H and O–H groups in total. The average Bonchev–Trinajstić information content (AvgIpc) is 2.46. The molecule has 1 heterocycles. The zero-order valence-corrected chi connectivity index (χ0v) is 11.5. The zero-order valence-electron chi connectivity index (χ0n) is 10.6. The van der Waals surface area contributed by atoms with Gasteiger partial charge in [0.25, 0.3) is 0 Å². The summed E-state index contributed by atoms with van der Waals surface area (Å²) in [5, 5.41) is 0.757. The molecule has 106 valence electrons. The molecule has 0 amide bonds. The summed E-state index contributed by atoms with van der Waals surface area (Å²) in [6.07, 6.45) is 0. The third-order valence-electron chi connectivity index (χ3n) is 3.10. The Morgan fingerprint density at radius 3 is 2.29 bits per heavy atom. The predicted molar refractivity (Wildman–Crippen MR) is 75.9 cm³/mol. The van der Waals surface area contributed by atoms with Crippen molar-refractivity contribution >= 4 is 21.1 Å². The second-order valence-corrected chi connectivity index (χ2v) is 5.84. The minimum Gasteiger partial charge on any atom is -0.744 e. The number of benzene rings is 2. The molecule has 2 aromatic carbocycles. The SMILES string of the molecule is O=c1oc2ccccc2cc1-c1ccc(S(=O)(=O)[O-])cc1. The van der Waals surface area contributed by atoms with Crippen LogP contribution >= 0.6 is 0 Å². The first-order chi connectivity index (χ1) is 9.95. The lowest BCUT2D eigenvalue weighted by molar-refractivity contribution is 0.463. The molecule has 6 heteroatoms. The van der Waals surface area contributed by atoms with Crippen LogP contribution in [0.15, 0.2) is 68.7 Å². The number of hydrogen-bond acceptors (Lipinski definition) is 5. The van der Waals surface area contributed by atoms with Gasteiger partial charge >= 0.3 is 5.63 Å². The Hall–Kier alpha value is -2.44. The fourth-order valence-corrected chi connectivity index (χ4v) is 2.53. The molecular formula is C15H9O5S-. The van der Waals surface area contributed by atoms with Crippen LogP contribution in [0.25, 0.3) is 22.1 Å². The van der Waals surface area contributed by atoms with Crippen LogP contribution in [0.2, 0.25) is 0 Å². The second-order valence-electron chi connectivity index (χ2n) is 4.46. The summed E-state index contributed by atoms with van der Waals surface area (Å²) in [6.45, 7) is 0. The summed E-state index contributed by atoms with van der Waals surface area (Å²) in [4.78, 5) is 11.6. The molecule has 21 heavy (non-hydrogen) atoms. The Balaban J connectivity index is 2.16. The van der Waals surface area contributed by atoms with Gasteiger partial charge in [0.05, 0.1) is 10.5 Å². The number of hydrogen-bond donors (Lipinski definition) is 0. The van der Waals surface area contributed by atoms with E-state index in [1.807, 2.05) is 6.07 Å². The highest BCUT2D eigenvalue weighted by Gasteiger charge is 2.08. The van der Waals surface area contributed by atoms with Crippen molar-refractivity contribution in [2.24, 2.45) is 0 Å². The van der Waals surface area contributed by atoms with Crippen LogP contribution in [-0.4, -0.2) is 13.0 Å². The maximum atomic E-state index is 12.0. The highest BCUT2D eigenvalue weighted by Crippen LogP contribution is 2.22. The van der Waals surface area contributed by atoms with E-state index in [1.165, 1.54) is 24.3 Å². The topological polar surface area (TPSA) is 87.4 Å². The molecule has 0 saturated carbocycles. The lowest BCUT2D eigenvalue weighted by Crippen LogP contribution is -2.03. The van der Waals surface area contributed by atoms with Crippen molar-refractivity contribution in [2.75, 3.05) is 0 Å². The van der Waals surface area contributed by atoms with Gasteiger partial charge < -0.3 is 8.97 Å². The molecule has 0 bridgehead atoms. The van der Waals surface area contributed by atoms with Crippen molar-refractivity contribution in [1.82, 2.24) is 0 Å². The first-order valence-corrected chi connectivity index (χ1v) is 7.45. The van der Waals surface area contributed by atoms with Gasteiger partial charge in [0.2, 0.25) is 0 Å². The van der Waals surface area contributed by atoms with Gasteiger partial charge in [0.1, 0.15) is 15.7 Å². The molecule has 0 aliphatic heterocycles. The summed E-state index contributed by atoms with van der Waals surface area (Å²) in [6, 6.07) is 13.9. The van der Waals surface area contributed by atoms with Gasteiger partial charge in [-0.25, -0.2) is 13.2 Å². The first kappa shape index (κ1) is 13.5. The third-order valence-corrected chi connectivity index (χ3v) is 3.94. The van der Waals surface area contributed by atoms with Crippen LogP contribution in [0.1, 0.15) is 0 Å². The molecule has 0 saturated heterocycles. The van der Waals surface area contributed by atoms with Gasteiger partial charge in [0.15, 0.2) is 0 Å². The normalized spacial score (nSPS) is 11.7. The molecule has 0 aliphatic rings. The molecule has 3 rings (SSSR count). The lowest BCUT2D eigenvalue weighted by Gasteiger charge is -2.07. The molecule has 0 aliphatic carbocycles. The average molecular weight is 301 g/mol. The maximum absolute atomic E-state index is 12.0. The van der Waals surface area contributed by atoms with Crippen molar-refractivity contribution in [3.8, 4) is 11.1 Å². The predicted octanol–water partition coefficient (Wildman–Crippen LogP) is 2.36. The van der Waals surface area contributed by atoms with Crippen LogP contribution in [0.3, 0.4) is 0 Å². The van der Waals surface area contributed by atoms with Crippen LogP contribution in [0, 0.1) is 0 Å². The van der Waals surface area contributed by atoms with Gasteiger partial charge in [-0.15, -0.1) is 0 Å². The monoisotopic (exact) mass is 301 g/mol. The van der Waals surface area contributed by atoms with Crippen molar-refractivity contribution in [3.63, 3.8) is 0 Å². The number of fused-ring (bicyclic) bond motifs is 1. The molecular weight excluding hydrogens is 292 g/mol. The highest BCUT2D eigenvalue weighted by atomic mass is 32.2. The fraction of sp³-hybridized carbons (Fsp3) is 0. The summed E-state index contributed by atoms with van der Waals surface area (Å²) < 4.78 is 37.9. The van der Waals surface area contributed by atoms with E-state index in [2.05, 4.69) is 0 Å². The Kier molecular flexibility index (Phi) is 3.12. The minimum absolute atomic E-state index is 0.309. The molecule has 5 nitrogen and oxygen atoms in total. The van der Waals surface area contributed by atoms with Crippen LogP contribution in [0.5, 0.6) is 0 Å². The zero-order chi connectivity index (χ0) is 15.0. The van der Waals surface area contributed by atoms with Gasteiger partial charge in [-0.1, -0.05) is 30.3 Å². The molecule has 0 radical (unpaired) electrons. The molecule has 0 unspecified atom stereocenters. The Morgan fingerprint density at radius 1 is 0.952 bits per heavy atom. The van der Waals surface area contributed by atoms with E-state index >= 15 is 0 Å². The van der Waals surface area contributed by atoms with E-state index in [9.17, 15) is 17.8 Å². The van der Waals surface area contributed by atoms with Crippen LogP contribution in [-0.2, 0) is 10.1 Å². The molecule has 0 atom stereocenters. The Morgan fingerprint density at radius 2 is 1.62 bits per heavy atom. The summed E-state index contributed by atoms with van der Waals surface area (Å²) in [5.74, 6) is 0.